The van der Waals surface area contributed by atoms with Crippen molar-refractivity contribution >= 4 is 17.5 Å². The zero-order valence-electron chi connectivity index (χ0n) is 18.3. The number of aryl methyl sites for hydroxylation is 1. The van der Waals surface area contributed by atoms with Crippen LogP contribution in [0.4, 0.5) is 5.69 Å². The van der Waals surface area contributed by atoms with E-state index in [9.17, 15) is 9.59 Å². The summed E-state index contributed by atoms with van der Waals surface area (Å²) < 4.78 is 5.67. The molecule has 1 saturated heterocycles. The van der Waals surface area contributed by atoms with Crippen LogP contribution in [0.2, 0.25) is 0 Å². The third kappa shape index (κ3) is 5.26. The summed E-state index contributed by atoms with van der Waals surface area (Å²) in [5, 5.41) is 5.98. The van der Waals surface area contributed by atoms with Gasteiger partial charge >= 0.3 is 0 Å². The number of likely N-dealkylation sites (tertiary alicyclic amines) is 1. The largest absolute Gasteiger partial charge is 0.468 e. The summed E-state index contributed by atoms with van der Waals surface area (Å²) in [6, 6.07) is 18.3. The molecule has 0 bridgehead atoms. The Bertz CT molecular complexity index is 1040. The van der Waals surface area contributed by atoms with Gasteiger partial charge in [-0.05, 0) is 74.8 Å². The van der Waals surface area contributed by atoms with E-state index >= 15 is 0 Å². The summed E-state index contributed by atoms with van der Waals surface area (Å²) in [6.45, 7) is 4.38. The van der Waals surface area contributed by atoms with Crippen molar-refractivity contribution < 1.29 is 14.0 Å². The van der Waals surface area contributed by atoms with Gasteiger partial charge in [-0.1, -0.05) is 30.7 Å². The fraction of sp³-hybridized carbons (Fsp3) is 0.308. The topological polar surface area (TPSA) is 74.6 Å². The third-order valence-electron chi connectivity index (χ3n) is 5.94. The van der Waals surface area contributed by atoms with Gasteiger partial charge in [-0.15, -0.1) is 0 Å². The minimum absolute atomic E-state index is 0.0111. The van der Waals surface area contributed by atoms with Crippen molar-refractivity contribution in [3.63, 3.8) is 0 Å². The van der Waals surface area contributed by atoms with E-state index in [1.807, 2.05) is 43.3 Å². The Hall–Kier alpha value is -3.38. The standard InChI is InChI=1S/C26H29N3O3/c1-19-12-13-21(17-22(19)28-26(31)20-9-4-2-5-10-20)25(30)27-18-23(24-11-8-16-32-24)29-14-6-3-7-15-29/h2,4-5,8-13,16-17,23H,3,6-7,14-15,18H2,1H3,(H,27,30)(H,28,31). The molecule has 3 aromatic rings. The molecule has 0 spiro atoms. The number of rotatable bonds is 7. The predicted octanol–water partition coefficient (Wildman–Crippen LogP) is 4.80. The van der Waals surface area contributed by atoms with Gasteiger partial charge in [-0.3, -0.25) is 14.5 Å². The SMILES string of the molecule is Cc1ccc(C(=O)NCC(c2ccco2)N2CCCCC2)cc1NC(=O)c1ccccc1. The zero-order valence-corrected chi connectivity index (χ0v) is 18.3. The molecule has 2 amide bonds. The molecule has 2 aromatic carbocycles. The van der Waals surface area contributed by atoms with Crippen LogP contribution in [0.15, 0.2) is 71.3 Å². The van der Waals surface area contributed by atoms with E-state index in [1.54, 1.807) is 30.5 Å². The van der Waals surface area contributed by atoms with Crippen molar-refractivity contribution in [2.24, 2.45) is 0 Å². The zero-order chi connectivity index (χ0) is 22.3. The van der Waals surface area contributed by atoms with Gasteiger partial charge in [-0.25, -0.2) is 0 Å². The summed E-state index contributed by atoms with van der Waals surface area (Å²) in [5.41, 5.74) is 2.61. The Morgan fingerprint density at radius 2 is 1.72 bits per heavy atom. The van der Waals surface area contributed by atoms with Crippen molar-refractivity contribution in [3.8, 4) is 0 Å². The van der Waals surface area contributed by atoms with E-state index in [4.69, 9.17) is 4.42 Å². The molecule has 4 rings (SSSR count). The van der Waals surface area contributed by atoms with Gasteiger partial charge in [0, 0.05) is 23.4 Å². The number of hydrogen-bond donors (Lipinski definition) is 2. The van der Waals surface area contributed by atoms with Crippen molar-refractivity contribution in [2.45, 2.75) is 32.2 Å². The van der Waals surface area contributed by atoms with Gasteiger partial charge in [0.05, 0.1) is 12.3 Å². The maximum Gasteiger partial charge on any atom is 0.255 e. The average Bonchev–Trinajstić information content (AvgIpc) is 3.36. The second-order valence-corrected chi connectivity index (χ2v) is 8.19. The number of carbonyl (C=O) groups excluding carboxylic acids is 2. The highest BCUT2D eigenvalue weighted by atomic mass is 16.3. The molecule has 0 aliphatic carbocycles. The van der Waals surface area contributed by atoms with Gasteiger partial charge in [0.25, 0.3) is 11.8 Å². The maximum absolute atomic E-state index is 12.9. The molecule has 2 N–H and O–H groups in total. The fourth-order valence-corrected chi connectivity index (χ4v) is 4.09. The number of anilines is 1. The van der Waals surface area contributed by atoms with Gasteiger partial charge in [0.15, 0.2) is 0 Å². The van der Waals surface area contributed by atoms with Gasteiger partial charge in [0.1, 0.15) is 5.76 Å². The second kappa shape index (κ2) is 10.3. The Balaban J connectivity index is 1.44. The van der Waals surface area contributed by atoms with E-state index in [-0.39, 0.29) is 17.9 Å². The van der Waals surface area contributed by atoms with E-state index in [1.165, 1.54) is 6.42 Å². The molecule has 6 nitrogen and oxygen atoms in total. The Morgan fingerprint density at radius 3 is 2.44 bits per heavy atom. The lowest BCUT2D eigenvalue weighted by atomic mass is 10.1. The predicted molar refractivity (Wildman–Crippen MR) is 125 cm³/mol. The number of amides is 2. The van der Waals surface area contributed by atoms with Crippen molar-refractivity contribution in [1.82, 2.24) is 10.2 Å². The van der Waals surface area contributed by atoms with Crippen LogP contribution in [-0.2, 0) is 0 Å². The van der Waals surface area contributed by atoms with Crippen LogP contribution in [0.1, 0.15) is 57.3 Å². The smallest absolute Gasteiger partial charge is 0.255 e. The van der Waals surface area contributed by atoms with E-state index in [0.29, 0.717) is 23.4 Å². The molecule has 1 aliphatic rings. The van der Waals surface area contributed by atoms with Crippen LogP contribution in [0.5, 0.6) is 0 Å². The molecule has 2 heterocycles. The van der Waals surface area contributed by atoms with Gasteiger partial charge in [0.2, 0.25) is 0 Å². The molecule has 32 heavy (non-hydrogen) atoms. The molecule has 1 atom stereocenters. The molecular weight excluding hydrogens is 402 g/mol. The van der Waals surface area contributed by atoms with Crippen LogP contribution in [0.25, 0.3) is 0 Å². The molecule has 1 unspecified atom stereocenters. The normalized spacial score (nSPS) is 15.2. The Kier molecular flexibility index (Phi) is 7.02. The van der Waals surface area contributed by atoms with Crippen molar-refractivity contribution in [1.29, 1.82) is 0 Å². The summed E-state index contributed by atoms with van der Waals surface area (Å²) in [7, 11) is 0. The summed E-state index contributed by atoms with van der Waals surface area (Å²) in [5.74, 6) is 0.495. The summed E-state index contributed by atoms with van der Waals surface area (Å²) >= 11 is 0. The molecular formula is C26H29N3O3. The quantitative estimate of drug-likeness (QED) is 0.564. The average molecular weight is 432 g/mol. The van der Waals surface area contributed by atoms with E-state index in [2.05, 4.69) is 15.5 Å². The van der Waals surface area contributed by atoms with Gasteiger partial charge < -0.3 is 15.1 Å². The Morgan fingerprint density at radius 1 is 0.938 bits per heavy atom. The first kappa shape index (κ1) is 21.8. The minimum Gasteiger partial charge on any atom is -0.468 e. The number of benzene rings is 2. The van der Waals surface area contributed by atoms with Crippen LogP contribution >= 0.6 is 0 Å². The van der Waals surface area contributed by atoms with Crippen molar-refractivity contribution in [3.05, 3.63) is 89.4 Å². The number of nitrogens with zero attached hydrogens (tertiary/aromatic N) is 1. The molecule has 1 aliphatic heterocycles. The minimum atomic E-state index is -0.200. The molecule has 0 saturated carbocycles. The monoisotopic (exact) mass is 431 g/mol. The molecule has 6 heteroatoms. The highest BCUT2D eigenvalue weighted by Gasteiger charge is 2.25. The molecule has 1 fully saturated rings. The fourth-order valence-electron chi connectivity index (χ4n) is 4.09. The molecule has 166 valence electrons. The first-order valence-corrected chi connectivity index (χ1v) is 11.1. The second-order valence-electron chi connectivity index (χ2n) is 8.19. The highest BCUT2D eigenvalue weighted by Crippen LogP contribution is 2.25. The molecule has 0 radical (unpaired) electrons. The number of carbonyl (C=O) groups is 2. The highest BCUT2D eigenvalue weighted by molar-refractivity contribution is 6.05. The maximum atomic E-state index is 12.9. The number of furan rings is 1. The number of piperidine rings is 1. The third-order valence-corrected chi connectivity index (χ3v) is 5.94. The van der Waals surface area contributed by atoms with Crippen molar-refractivity contribution in [2.75, 3.05) is 25.0 Å². The molecule has 1 aromatic heterocycles. The summed E-state index contributed by atoms with van der Waals surface area (Å²) in [4.78, 5) is 27.9. The first-order valence-electron chi connectivity index (χ1n) is 11.1. The lowest BCUT2D eigenvalue weighted by Crippen LogP contribution is -2.40. The first-order chi connectivity index (χ1) is 15.6. The van der Waals surface area contributed by atoms with Crippen LogP contribution in [-0.4, -0.2) is 36.3 Å². The number of hydrogen-bond acceptors (Lipinski definition) is 4. The van der Waals surface area contributed by atoms with Crippen LogP contribution in [0, 0.1) is 6.92 Å². The lowest BCUT2D eigenvalue weighted by Gasteiger charge is -2.33. The van der Waals surface area contributed by atoms with Crippen LogP contribution < -0.4 is 10.6 Å². The van der Waals surface area contributed by atoms with E-state index in [0.717, 1.165) is 37.3 Å². The van der Waals surface area contributed by atoms with Gasteiger partial charge in [-0.2, -0.15) is 0 Å². The number of nitrogens with one attached hydrogen (secondary N) is 2. The van der Waals surface area contributed by atoms with E-state index < -0.39 is 0 Å². The summed E-state index contributed by atoms with van der Waals surface area (Å²) in [6.07, 6.45) is 5.24. The lowest BCUT2D eigenvalue weighted by molar-refractivity contribution is 0.0913. The van der Waals surface area contributed by atoms with Crippen LogP contribution in [0.3, 0.4) is 0 Å². The Labute approximate surface area is 188 Å².